The number of likely N-dealkylation sites (tertiary alicyclic amines) is 1. The van der Waals surface area contributed by atoms with Gasteiger partial charge in [0.25, 0.3) is 5.91 Å². The number of hydrogen-bond donors (Lipinski definition) is 1. The van der Waals surface area contributed by atoms with Crippen molar-refractivity contribution < 1.29 is 14.0 Å². The lowest BCUT2D eigenvalue weighted by Gasteiger charge is -2.34. The number of amides is 2. The molecule has 2 aliphatic heterocycles. The Morgan fingerprint density at radius 3 is 2.62 bits per heavy atom. The van der Waals surface area contributed by atoms with E-state index in [1.54, 1.807) is 6.33 Å². The van der Waals surface area contributed by atoms with Gasteiger partial charge in [0.15, 0.2) is 0 Å². The second-order valence-corrected chi connectivity index (χ2v) is 7.23. The van der Waals surface area contributed by atoms with Gasteiger partial charge in [-0.2, -0.15) is 0 Å². The number of carbonyl (C=O) groups excluding carboxylic acids is 2. The summed E-state index contributed by atoms with van der Waals surface area (Å²) in [6, 6.07) is 0.332. The summed E-state index contributed by atoms with van der Waals surface area (Å²) in [5.41, 5.74) is 1.31. The average Bonchev–Trinajstić information content (AvgIpc) is 3.19. The fourth-order valence-electron chi connectivity index (χ4n) is 3.99. The van der Waals surface area contributed by atoms with Gasteiger partial charge in [0.1, 0.15) is 11.9 Å². The van der Waals surface area contributed by atoms with E-state index in [0.29, 0.717) is 24.7 Å². The van der Waals surface area contributed by atoms with Crippen molar-refractivity contribution in [3.05, 3.63) is 17.7 Å². The minimum Gasteiger partial charge on any atom is -0.353 e. The van der Waals surface area contributed by atoms with Crippen molar-refractivity contribution in [3.8, 4) is 0 Å². The number of aromatic nitrogens is 2. The van der Waals surface area contributed by atoms with Gasteiger partial charge in [0.05, 0.1) is 31.0 Å². The zero-order valence-corrected chi connectivity index (χ0v) is 13.7. The molecule has 3 aliphatic rings. The third-order valence-corrected chi connectivity index (χ3v) is 5.49. The predicted molar refractivity (Wildman–Crippen MR) is 85.2 cm³/mol. The van der Waals surface area contributed by atoms with E-state index >= 15 is 0 Å². The zero-order chi connectivity index (χ0) is 16.7. The van der Waals surface area contributed by atoms with Crippen LogP contribution < -0.4 is 5.32 Å². The summed E-state index contributed by atoms with van der Waals surface area (Å²) < 4.78 is 14.9. The number of fused-ring (bicyclic) bond motifs is 1. The smallest absolute Gasteiger partial charge is 0.274 e. The molecule has 2 fully saturated rings. The van der Waals surface area contributed by atoms with Crippen LogP contribution >= 0.6 is 0 Å². The van der Waals surface area contributed by atoms with Crippen molar-refractivity contribution in [3.63, 3.8) is 0 Å². The van der Waals surface area contributed by atoms with Crippen molar-refractivity contribution in [2.45, 2.75) is 57.3 Å². The summed E-state index contributed by atoms with van der Waals surface area (Å²) in [6.07, 6.45) is 6.69. The number of carbonyl (C=O) groups is 2. The largest absolute Gasteiger partial charge is 0.353 e. The Kier molecular flexibility index (Phi) is 4.02. The second-order valence-electron chi connectivity index (χ2n) is 7.23. The molecule has 1 aromatic heterocycles. The number of nitrogens with one attached hydrogen (secondary N) is 1. The van der Waals surface area contributed by atoms with Crippen LogP contribution in [0.15, 0.2) is 6.33 Å². The Morgan fingerprint density at radius 1 is 1.17 bits per heavy atom. The van der Waals surface area contributed by atoms with Crippen molar-refractivity contribution in [1.29, 1.82) is 0 Å². The molecule has 0 bridgehead atoms. The fraction of sp³-hybridized carbons (Fsp3) is 0.706. The zero-order valence-electron chi connectivity index (χ0n) is 13.7. The van der Waals surface area contributed by atoms with Crippen LogP contribution in [0.2, 0.25) is 0 Å². The monoisotopic (exact) mass is 334 g/mol. The SMILES string of the molecule is O=C(NC1CCCC1)C1CCc2c(C(=O)N3CC(F)C3)ncn2C1. The van der Waals surface area contributed by atoms with Crippen LogP contribution in [-0.2, 0) is 17.8 Å². The summed E-state index contributed by atoms with van der Waals surface area (Å²) in [5.74, 6) is -0.127. The van der Waals surface area contributed by atoms with E-state index in [1.165, 1.54) is 17.7 Å². The second kappa shape index (κ2) is 6.18. The Hall–Kier alpha value is -1.92. The van der Waals surface area contributed by atoms with Gasteiger partial charge in [-0.3, -0.25) is 9.59 Å². The number of alkyl halides is 1. The van der Waals surface area contributed by atoms with E-state index in [4.69, 9.17) is 0 Å². The third-order valence-electron chi connectivity index (χ3n) is 5.49. The van der Waals surface area contributed by atoms with Crippen molar-refractivity contribution in [2.24, 2.45) is 5.92 Å². The first-order valence-corrected chi connectivity index (χ1v) is 8.89. The van der Waals surface area contributed by atoms with E-state index < -0.39 is 6.17 Å². The molecular formula is C17H23FN4O2. The molecule has 2 amide bonds. The molecule has 0 radical (unpaired) electrons. The topological polar surface area (TPSA) is 67.2 Å². The van der Waals surface area contributed by atoms with Crippen LogP contribution in [0.3, 0.4) is 0 Å². The predicted octanol–water partition coefficient (Wildman–Crippen LogP) is 1.30. The Balaban J connectivity index is 1.41. The van der Waals surface area contributed by atoms with Crippen molar-refractivity contribution in [1.82, 2.24) is 19.8 Å². The molecule has 1 saturated carbocycles. The first-order chi connectivity index (χ1) is 11.6. The quantitative estimate of drug-likeness (QED) is 0.906. The lowest BCUT2D eigenvalue weighted by atomic mass is 9.95. The minimum absolute atomic E-state index is 0.0607. The van der Waals surface area contributed by atoms with Gasteiger partial charge < -0.3 is 14.8 Å². The first-order valence-electron chi connectivity index (χ1n) is 8.89. The lowest BCUT2D eigenvalue weighted by Crippen LogP contribution is -2.51. The molecule has 1 atom stereocenters. The molecule has 24 heavy (non-hydrogen) atoms. The fourth-order valence-corrected chi connectivity index (χ4v) is 3.99. The molecule has 0 spiro atoms. The third kappa shape index (κ3) is 2.80. The average molecular weight is 334 g/mol. The first kappa shape index (κ1) is 15.6. The highest BCUT2D eigenvalue weighted by Gasteiger charge is 2.35. The van der Waals surface area contributed by atoms with Crippen LogP contribution in [0.5, 0.6) is 0 Å². The van der Waals surface area contributed by atoms with Gasteiger partial charge in [-0.15, -0.1) is 0 Å². The molecule has 4 rings (SSSR count). The van der Waals surface area contributed by atoms with E-state index in [0.717, 1.165) is 25.0 Å². The normalized spacial score (nSPS) is 24.5. The van der Waals surface area contributed by atoms with Gasteiger partial charge in [-0.05, 0) is 25.7 Å². The summed E-state index contributed by atoms with van der Waals surface area (Å²) in [5, 5.41) is 3.16. The Labute approximate surface area is 140 Å². The Bertz CT molecular complexity index is 647. The van der Waals surface area contributed by atoms with E-state index in [-0.39, 0.29) is 30.8 Å². The van der Waals surface area contributed by atoms with Gasteiger partial charge in [0, 0.05) is 12.6 Å². The molecule has 6 nitrogen and oxygen atoms in total. The minimum atomic E-state index is -0.906. The number of rotatable bonds is 3. The standard InChI is InChI=1S/C17H23FN4O2/c18-12-8-21(9-12)17(24)15-14-6-5-11(7-22(14)10-19-15)16(23)20-13-3-1-2-4-13/h10-13H,1-9H2,(H,20,23). The molecule has 130 valence electrons. The molecule has 1 aromatic rings. The van der Waals surface area contributed by atoms with Crippen molar-refractivity contribution >= 4 is 11.8 Å². The molecular weight excluding hydrogens is 311 g/mol. The maximum absolute atomic E-state index is 13.0. The summed E-state index contributed by atoms with van der Waals surface area (Å²) in [6.45, 7) is 0.898. The van der Waals surface area contributed by atoms with E-state index in [1.807, 2.05) is 4.57 Å². The highest BCUT2D eigenvalue weighted by molar-refractivity contribution is 5.94. The van der Waals surface area contributed by atoms with Crippen molar-refractivity contribution in [2.75, 3.05) is 13.1 Å². The number of imidazole rings is 1. The lowest BCUT2D eigenvalue weighted by molar-refractivity contribution is -0.126. The van der Waals surface area contributed by atoms with E-state index in [2.05, 4.69) is 10.3 Å². The van der Waals surface area contributed by atoms with Crippen LogP contribution in [0.4, 0.5) is 4.39 Å². The highest BCUT2D eigenvalue weighted by Crippen LogP contribution is 2.26. The summed E-state index contributed by atoms with van der Waals surface area (Å²) in [4.78, 5) is 30.5. The maximum Gasteiger partial charge on any atom is 0.274 e. The highest BCUT2D eigenvalue weighted by atomic mass is 19.1. The number of hydrogen-bond acceptors (Lipinski definition) is 3. The van der Waals surface area contributed by atoms with Gasteiger partial charge in [-0.1, -0.05) is 12.8 Å². The molecule has 1 N–H and O–H groups in total. The van der Waals surface area contributed by atoms with Crippen LogP contribution in [0.1, 0.15) is 48.3 Å². The number of nitrogens with zero attached hydrogens (tertiary/aromatic N) is 3. The summed E-state index contributed by atoms with van der Waals surface area (Å²) >= 11 is 0. The van der Waals surface area contributed by atoms with Crippen LogP contribution in [0.25, 0.3) is 0 Å². The molecule has 1 aliphatic carbocycles. The molecule has 1 unspecified atom stereocenters. The maximum atomic E-state index is 13.0. The van der Waals surface area contributed by atoms with E-state index in [9.17, 15) is 14.0 Å². The molecule has 0 aromatic carbocycles. The number of halogens is 1. The molecule has 3 heterocycles. The van der Waals surface area contributed by atoms with Gasteiger partial charge in [-0.25, -0.2) is 9.37 Å². The Morgan fingerprint density at radius 2 is 1.92 bits per heavy atom. The van der Waals surface area contributed by atoms with Crippen LogP contribution in [-0.4, -0.2) is 51.6 Å². The van der Waals surface area contributed by atoms with Gasteiger partial charge >= 0.3 is 0 Å². The van der Waals surface area contributed by atoms with Gasteiger partial charge in [0.2, 0.25) is 5.91 Å². The summed E-state index contributed by atoms with van der Waals surface area (Å²) in [7, 11) is 0. The van der Waals surface area contributed by atoms with Crippen LogP contribution in [0, 0.1) is 5.92 Å². The molecule has 7 heteroatoms. The molecule has 1 saturated heterocycles.